The Morgan fingerprint density at radius 3 is 2.70 bits per heavy atom. The van der Waals surface area contributed by atoms with Crippen LogP contribution >= 0.6 is 12.2 Å². The fourth-order valence-corrected chi connectivity index (χ4v) is 3.02. The molecule has 0 aliphatic carbocycles. The molecule has 0 amide bonds. The Morgan fingerprint density at radius 1 is 1.15 bits per heavy atom. The predicted octanol–water partition coefficient (Wildman–Crippen LogP) is 4.22. The highest BCUT2D eigenvalue weighted by atomic mass is 32.1. The summed E-state index contributed by atoms with van der Waals surface area (Å²) in [4.78, 5) is 0. The van der Waals surface area contributed by atoms with Gasteiger partial charge in [0.05, 0.1) is 13.7 Å². The molecule has 0 aliphatic heterocycles. The van der Waals surface area contributed by atoms with Crippen molar-refractivity contribution in [3.8, 4) is 11.5 Å². The van der Waals surface area contributed by atoms with Crippen LogP contribution in [-0.4, -0.2) is 22.0 Å². The topological polar surface area (TPSA) is 64.1 Å². The molecule has 0 radical (unpaired) electrons. The second-order valence-corrected chi connectivity index (χ2v) is 6.47. The van der Waals surface area contributed by atoms with Crippen molar-refractivity contribution in [2.24, 2.45) is 0 Å². The number of ether oxygens (including phenoxy) is 2. The van der Waals surface area contributed by atoms with Crippen LogP contribution < -0.4 is 14.9 Å². The lowest BCUT2D eigenvalue weighted by atomic mass is 10.2. The van der Waals surface area contributed by atoms with E-state index in [9.17, 15) is 0 Å². The van der Waals surface area contributed by atoms with Crippen LogP contribution in [0, 0.1) is 4.77 Å². The molecule has 2 N–H and O–H groups in total. The molecule has 2 aromatic carbocycles. The van der Waals surface area contributed by atoms with Crippen molar-refractivity contribution >= 4 is 12.2 Å². The average molecular weight is 385 g/mol. The zero-order chi connectivity index (χ0) is 19.1. The highest BCUT2D eigenvalue weighted by Crippen LogP contribution is 2.32. The van der Waals surface area contributed by atoms with Crippen LogP contribution in [0.3, 0.4) is 0 Å². The van der Waals surface area contributed by atoms with Crippen LogP contribution in [0.15, 0.2) is 48.5 Å². The van der Waals surface area contributed by atoms with Gasteiger partial charge in [0.1, 0.15) is 6.61 Å². The molecule has 3 rings (SSSR count). The zero-order valence-electron chi connectivity index (χ0n) is 15.6. The van der Waals surface area contributed by atoms with E-state index in [0.29, 0.717) is 23.7 Å². The largest absolute Gasteiger partial charge is 0.493 e. The van der Waals surface area contributed by atoms with Crippen molar-refractivity contribution in [2.45, 2.75) is 32.9 Å². The highest BCUT2D eigenvalue weighted by molar-refractivity contribution is 7.71. The van der Waals surface area contributed by atoms with Crippen molar-refractivity contribution in [3.63, 3.8) is 0 Å². The minimum atomic E-state index is 0.473. The van der Waals surface area contributed by atoms with Gasteiger partial charge in [0.25, 0.3) is 0 Å². The first-order valence-electron chi connectivity index (χ1n) is 8.95. The number of hydrogen-bond donors (Lipinski definition) is 2. The number of aromatic nitrogens is 3. The molecule has 7 heteroatoms. The molecule has 0 unspecified atom stereocenters. The fraction of sp³-hybridized carbons (Fsp3) is 0.300. The van der Waals surface area contributed by atoms with Gasteiger partial charge < -0.3 is 14.9 Å². The van der Waals surface area contributed by atoms with Gasteiger partial charge in [-0.15, -0.1) is 0 Å². The molecule has 6 nitrogen and oxygen atoms in total. The van der Waals surface area contributed by atoms with Crippen LogP contribution in [0.25, 0.3) is 0 Å². The summed E-state index contributed by atoms with van der Waals surface area (Å²) >= 11 is 5.33. The van der Waals surface area contributed by atoms with Gasteiger partial charge in [0.15, 0.2) is 17.3 Å². The van der Waals surface area contributed by atoms with E-state index < -0.39 is 0 Å². The third-order valence-corrected chi connectivity index (χ3v) is 4.42. The monoisotopic (exact) mass is 384 g/mol. The van der Waals surface area contributed by atoms with Gasteiger partial charge in [0, 0.05) is 12.0 Å². The van der Waals surface area contributed by atoms with Crippen LogP contribution in [-0.2, 0) is 19.6 Å². The molecule has 27 heavy (non-hydrogen) atoms. The maximum atomic E-state index is 6.10. The Labute approximate surface area is 164 Å². The van der Waals surface area contributed by atoms with E-state index in [0.717, 1.165) is 35.5 Å². The molecule has 0 atom stereocenters. The van der Waals surface area contributed by atoms with E-state index in [1.807, 2.05) is 53.2 Å². The summed E-state index contributed by atoms with van der Waals surface area (Å²) in [5.74, 6) is 2.32. The van der Waals surface area contributed by atoms with Crippen LogP contribution in [0.4, 0.5) is 0 Å². The first-order valence-corrected chi connectivity index (χ1v) is 9.36. The summed E-state index contributed by atoms with van der Waals surface area (Å²) in [7, 11) is 1.65. The summed E-state index contributed by atoms with van der Waals surface area (Å²) in [6.07, 6.45) is 1.83. The lowest BCUT2D eigenvalue weighted by Gasteiger charge is -2.17. The maximum absolute atomic E-state index is 6.10. The second kappa shape index (κ2) is 9.23. The number of nitrogens with one attached hydrogen (secondary N) is 2. The van der Waals surface area contributed by atoms with E-state index in [4.69, 9.17) is 21.7 Å². The van der Waals surface area contributed by atoms with Crippen molar-refractivity contribution < 1.29 is 9.47 Å². The van der Waals surface area contributed by atoms with Crippen molar-refractivity contribution in [1.29, 1.82) is 0 Å². The molecule has 0 saturated carbocycles. The number of rotatable bonds is 9. The van der Waals surface area contributed by atoms with Gasteiger partial charge >= 0.3 is 0 Å². The van der Waals surface area contributed by atoms with Gasteiger partial charge in [-0.2, -0.15) is 5.10 Å². The second-order valence-electron chi connectivity index (χ2n) is 6.09. The van der Waals surface area contributed by atoms with Crippen molar-refractivity contribution in [1.82, 2.24) is 14.9 Å². The third kappa shape index (κ3) is 4.68. The summed E-state index contributed by atoms with van der Waals surface area (Å²) in [6.45, 7) is 3.12. The summed E-state index contributed by atoms with van der Waals surface area (Å²) in [5, 5.41) is 7.12. The molecule has 0 fully saturated rings. The van der Waals surface area contributed by atoms with E-state index in [1.54, 1.807) is 7.11 Å². The number of aryl methyl sites for hydroxylation is 1. The Balaban J connectivity index is 1.79. The molecule has 3 aromatic rings. The van der Waals surface area contributed by atoms with Crippen molar-refractivity contribution in [3.05, 3.63) is 70.3 Å². The minimum Gasteiger partial charge on any atom is -0.493 e. The summed E-state index contributed by atoms with van der Waals surface area (Å²) < 4.78 is 14.0. The van der Waals surface area contributed by atoms with E-state index in [2.05, 4.69) is 22.5 Å². The normalized spacial score (nSPS) is 10.6. The van der Waals surface area contributed by atoms with E-state index in [-0.39, 0.29) is 0 Å². The summed E-state index contributed by atoms with van der Waals surface area (Å²) in [6, 6.07) is 15.9. The molecule has 1 aromatic heterocycles. The Morgan fingerprint density at radius 2 is 1.96 bits per heavy atom. The van der Waals surface area contributed by atoms with Gasteiger partial charge in [0.2, 0.25) is 4.77 Å². The lowest BCUT2D eigenvalue weighted by molar-refractivity contribution is 0.281. The highest BCUT2D eigenvalue weighted by Gasteiger charge is 2.12. The zero-order valence-corrected chi connectivity index (χ0v) is 16.4. The predicted molar refractivity (Wildman–Crippen MR) is 108 cm³/mol. The lowest BCUT2D eigenvalue weighted by Crippen LogP contribution is -2.18. The standard InChI is InChI=1S/C20H24N4O2S/c1-3-8-18-22-23-20(27)24(18)21-13-16-11-7-12-17(25-2)19(16)26-14-15-9-5-4-6-10-15/h4-7,9-12,21H,3,8,13-14H2,1-2H3,(H,23,27). The quantitative estimate of drug-likeness (QED) is 0.541. The van der Waals surface area contributed by atoms with Gasteiger partial charge in [-0.25, -0.2) is 4.68 Å². The third-order valence-electron chi connectivity index (χ3n) is 4.15. The Kier molecular flexibility index (Phi) is 6.49. The first kappa shape index (κ1) is 19.0. The molecule has 1 heterocycles. The van der Waals surface area contributed by atoms with Crippen molar-refractivity contribution in [2.75, 3.05) is 12.5 Å². The minimum absolute atomic E-state index is 0.473. The van der Waals surface area contributed by atoms with Gasteiger partial charge in [-0.1, -0.05) is 49.4 Å². The molecular weight excluding hydrogens is 360 g/mol. The van der Waals surface area contributed by atoms with Gasteiger partial charge in [-0.05, 0) is 30.3 Å². The number of methoxy groups -OCH3 is 1. The maximum Gasteiger partial charge on any atom is 0.214 e. The average Bonchev–Trinajstić information content (AvgIpc) is 3.05. The Hall–Kier alpha value is -2.80. The number of para-hydroxylation sites is 1. The molecule has 0 saturated heterocycles. The van der Waals surface area contributed by atoms with Gasteiger partial charge in [-0.3, -0.25) is 5.10 Å². The first-order chi connectivity index (χ1) is 13.2. The van der Waals surface area contributed by atoms with Crippen LogP contribution in [0.2, 0.25) is 0 Å². The molecule has 142 valence electrons. The number of H-pyrrole nitrogens is 1. The number of hydrogen-bond acceptors (Lipinski definition) is 5. The Bertz CT molecular complexity index is 921. The SMILES string of the molecule is CCCc1n[nH]c(=S)n1NCc1cccc(OC)c1OCc1ccccc1. The smallest absolute Gasteiger partial charge is 0.214 e. The molecule has 0 bridgehead atoms. The summed E-state index contributed by atoms with van der Waals surface area (Å²) in [5.41, 5.74) is 5.42. The van der Waals surface area contributed by atoms with Crippen LogP contribution in [0.5, 0.6) is 11.5 Å². The molecule has 0 spiro atoms. The van der Waals surface area contributed by atoms with E-state index in [1.165, 1.54) is 0 Å². The number of benzene rings is 2. The number of nitrogens with zero attached hydrogens (tertiary/aromatic N) is 2. The molecule has 0 aliphatic rings. The molecular formula is C20H24N4O2S. The van der Waals surface area contributed by atoms with E-state index >= 15 is 0 Å². The fourth-order valence-electron chi connectivity index (χ4n) is 2.80. The number of aromatic amines is 1. The van der Waals surface area contributed by atoms with Crippen LogP contribution in [0.1, 0.15) is 30.3 Å².